The van der Waals surface area contributed by atoms with E-state index in [1.807, 2.05) is 54.1 Å². The molecular weight excluding hydrogens is 386 g/mol. The lowest BCUT2D eigenvalue weighted by atomic mass is 10.1. The number of fused-ring (bicyclic) bond motifs is 1. The van der Waals surface area contributed by atoms with Gasteiger partial charge in [0.2, 0.25) is 15.9 Å². The number of carbonyl (C=O) groups is 1. The zero-order chi connectivity index (χ0) is 20.4. The molecule has 1 unspecified atom stereocenters. The molecule has 6 nitrogen and oxygen atoms in total. The van der Waals surface area contributed by atoms with Crippen LogP contribution in [0.2, 0.25) is 0 Å². The Balaban J connectivity index is 1.50. The molecule has 1 aromatic heterocycles. The molecule has 1 aliphatic rings. The average molecular weight is 412 g/mol. The lowest BCUT2D eigenvalue weighted by molar-refractivity contribution is -0.122. The van der Waals surface area contributed by atoms with Gasteiger partial charge in [0, 0.05) is 30.2 Å². The molecule has 0 aliphatic carbocycles. The molecular formula is C22H25N3O3S. The first kappa shape index (κ1) is 19.7. The fraction of sp³-hybridized carbons (Fsp3) is 0.318. The van der Waals surface area contributed by atoms with Gasteiger partial charge in [-0.2, -0.15) is 4.31 Å². The van der Waals surface area contributed by atoms with Crippen molar-refractivity contribution in [2.45, 2.75) is 37.2 Å². The van der Waals surface area contributed by atoms with Gasteiger partial charge in [0.05, 0.1) is 10.9 Å². The van der Waals surface area contributed by atoms with Crippen LogP contribution in [0.1, 0.15) is 31.4 Å². The summed E-state index contributed by atoms with van der Waals surface area (Å²) in [6.45, 7) is 3.30. The molecule has 1 aliphatic heterocycles. The fourth-order valence-corrected chi connectivity index (χ4v) is 5.37. The fourth-order valence-electron chi connectivity index (χ4n) is 3.82. The summed E-state index contributed by atoms with van der Waals surface area (Å²) in [5.74, 6) is -0.0902. The van der Waals surface area contributed by atoms with Gasteiger partial charge < -0.3 is 9.88 Å². The third-order valence-electron chi connectivity index (χ3n) is 5.44. The number of hydrogen-bond donors (Lipinski definition) is 1. The highest BCUT2D eigenvalue weighted by Gasteiger charge is 2.27. The Bertz CT molecular complexity index is 1120. The van der Waals surface area contributed by atoms with E-state index < -0.39 is 10.0 Å². The van der Waals surface area contributed by atoms with Gasteiger partial charge in [-0.15, -0.1) is 0 Å². The van der Waals surface area contributed by atoms with E-state index in [-0.39, 0.29) is 18.5 Å². The molecule has 2 heterocycles. The Morgan fingerprint density at radius 1 is 1.07 bits per heavy atom. The van der Waals surface area contributed by atoms with Crippen LogP contribution < -0.4 is 5.32 Å². The molecule has 4 rings (SSSR count). The highest BCUT2D eigenvalue weighted by atomic mass is 32.2. The third kappa shape index (κ3) is 4.06. The average Bonchev–Trinajstić information content (AvgIpc) is 3.39. The third-order valence-corrected chi connectivity index (χ3v) is 7.33. The summed E-state index contributed by atoms with van der Waals surface area (Å²) in [7, 11) is -3.45. The summed E-state index contributed by atoms with van der Waals surface area (Å²) in [5.41, 5.74) is 1.89. The number of nitrogens with one attached hydrogen (secondary N) is 1. The maximum Gasteiger partial charge on any atom is 0.243 e. The van der Waals surface area contributed by atoms with Crippen molar-refractivity contribution in [1.82, 2.24) is 14.2 Å². The molecule has 1 N–H and O–H groups in total. The molecule has 0 radical (unpaired) electrons. The molecule has 1 fully saturated rings. The van der Waals surface area contributed by atoms with Crippen molar-refractivity contribution < 1.29 is 13.2 Å². The van der Waals surface area contributed by atoms with Gasteiger partial charge in [0.1, 0.15) is 6.54 Å². The summed E-state index contributed by atoms with van der Waals surface area (Å²) < 4.78 is 28.9. The van der Waals surface area contributed by atoms with Crippen molar-refractivity contribution in [2.24, 2.45) is 0 Å². The first-order chi connectivity index (χ1) is 13.9. The molecule has 0 bridgehead atoms. The second-order valence-corrected chi connectivity index (χ2v) is 9.41. The van der Waals surface area contributed by atoms with Crippen molar-refractivity contribution in [3.63, 3.8) is 0 Å². The smallest absolute Gasteiger partial charge is 0.243 e. The van der Waals surface area contributed by atoms with Gasteiger partial charge in [-0.05, 0) is 49.6 Å². The number of benzene rings is 2. The van der Waals surface area contributed by atoms with Crippen molar-refractivity contribution >= 4 is 26.8 Å². The van der Waals surface area contributed by atoms with E-state index in [1.54, 1.807) is 22.5 Å². The summed E-state index contributed by atoms with van der Waals surface area (Å²) in [6.07, 6.45) is 3.65. The number of rotatable bonds is 6. The van der Waals surface area contributed by atoms with Gasteiger partial charge in [0.15, 0.2) is 0 Å². The minimum atomic E-state index is -3.45. The van der Waals surface area contributed by atoms with Gasteiger partial charge in [-0.3, -0.25) is 4.79 Å². The first-order valence-electron chi connectivity index (χ1n) is 9.88. The van der Waals surface area contributed by atoms with E-state index in [4.69, 9.17) is 0 Å². The minimum absolute atomic E-state index is 0.0808. The molecule has 3 aromatic rings. The van der Waals surface area contributed by atoms with E-state index in [0.717, 1.165) is 29.3 Å². The van der Waals surface area contributed by atoms with Crippen LogP contribution in [0.5, 0.6) is 0 Å². The van der Waals surface area contributed by atoms with Crippen LogP contribution in [0.25, 0.3) is 10.9 Å². The van der Waals surface area contributed by atoms with Crippen molar-refractivity contribution in [3.8, 4) is 0 Å². The lowest BCUT2D eigenvalue weighted by Gasteiger charge is -2.16. The van der Waals surface area contributed by atoms with Crippen molar-refractivity contribution in [3.05, 3.63) is 66.4 Å². The van der Waals surface area contributed by atoms with E-state index >= 15 is 0 Å². The molecule has 1 atom stereocenters. The lowest BCUT2D eigenvalue weighted by Crippen LogP contribution is -2.29. The molecule has 1 amide bonds. The number of sulfonamides is 1. The molecule has 152 valence electrons. The first-order valence-corrected chi connectivity index (χ1v) is 11.3. The second-order valence-electron chi connectivity index (χ2n) is 7.48. The second kappa shape index (κ2) is 8.00. The van der Waals surface area contributed by atoms with E-state index in [1.165, 1.54) is 0 Å². The van der Waals surface area contributed by atoms with Crippen LogP contribution in [0.4, 0.5) is 0 Å². The number of nitrogens with zero attached hydrogens (tertiary/aromatic N) is 2. The van der Waals surface area contributed by atoms with Crippen LogP contribution in [-0.2, 0) is 21.4 Å². The Morgan fingerprint density at radius 3 is 2.52 bits per heavy atom. The molecule has 7 heteroatoms. The van der Waals surface area contributed by atoms with Crippen molar-refractivity contribution in [2.75, 3.05) is 13.1 Å². The molecule has 29 heavy (non-hydrogen) atoms. The number of carbonyl (C=O) groups excluding carboxylic acids is 1. The van der Waals surface area contributed by atoms with Gasteiger partial charge >= 0.3 is 0 Å². The predicted molar refractivity (Wildman–Crippen MR) is 113 cm³/mol. The number of hydrogen-bond acceptors (Lipinski definition) is 3. The van der Waals surface area contributed by atoms with Crippen LogP contribution in [0.3, 0.4) is 0 Å². The van der Waals surface area contributed by atoms with Crippen LogP contribution in [-0.4, -0.2) is 36.3 Å². The Labute approximate surface area is 171 Å². The maximum atomic E-state index is 12.8. The normalized spacial score (nSPS) is 16.2. The zero-order valence-electron chi connectivity index (χ0n) is 16.4. The minimum Gasteiger partial charge on any atom is -0.348 e. The predicted octanol–water partition coefficient (Wildman–Crippen LogP) is 3.30. The highest BCUT2D eigenvalue weighted by molar-refractivity contribution is 7.89. The Morgan fingerprint density at radius 2 is 1.79 bits per heavy atom. The van der Waals surface area contributed by atoms with E-state index in [9.17, 15) is 13.2 Å². The number of amides is 1. The maximum absolute atomic E-state index is 12.8. The summed E-state index contributed by atoms with van der Waals surface area (Å²) in [4.78, 5) is 12.8. The van der Waals surface area contributed by atoms with Crippen LogP contribution in [0, 0.1) is 0 Å². The largest absolute Gasteiger partial charge is 0.348 e. The monoisotopic (exact) mass is 411 g/mol. The summed E-state index contributed by atoms with van der Waals surface area (Å²) in [6, 6.07) is 16.7. The molecule has 0 saturated carbocycles. The Kier molecular flexibility index (Phi) is 5.43. The quantitative estimate of drug-likeness (QED) is 0.677. The molecule has 2 aromatic carbocycles. The van der Waals surface area contributed by atoms with Crippen LogP contribution >= 0.6 is 0 Å². The zero-order valence-corrected chi connectivity index (χ0v) is 17.2. The van der Waals surface area contributed by atoms with E-state index in [0.29, 0.717) is 18.0 Å². The SMILES string of the molecule is CC(NC(=O)Cn1ccc2cc(S(=O)(=O)N3CCCC3)ccc21)c1ccccc1. The van der Waals surface area contributed by atoms with Gasteiger partial charge in [-0.25, -0.2) is 8.42 Å². The summed E-state index contributed by atoms with van der Waals surface area (Å²) in [5, 5.41) is 3.82. The summed E-state index contributed by atoms with van der Waals surface area (Å²) >= 11 is 0. The van der Waals surface area contributed by atoms with Crippen LogP contribution in [0.15, 0.2) is 65.7 Å². The topological polar surface area (TPSA) is 71.4 Å². The van der Waals surface area contributed by atoms with E-state index in [2.05, 4.69) is 5.32 Å². The standard InChI is InChI=1S/C22H25N3O3S/c1-17(18-7-3-2-4-8-18)23-22(26)16-24-14-11-19-15-20(9-10-21(19)24)29(27,28)25-12-5-6-13-25/h2-4,7-11,14-15,17H,5-6,12-13,16H2,1H3,(H,23,26). The Hall–Kier alpha value is -2.64. The van der Waals surface area contributed by atoms with Gasteiger partial charge in [0.25, 0.3) is 0 Å². The number of aromatic nitrogens is 1. The molecule has 1 saturated heterocycles. The van der Waals surface area contributed by atoms with Crippen molar-refractivity contribution in [1.29, 1.82) is 0 Å². The molecule has 0 spiro atoms. The highest BCUT2D eigenvalue weighted by Crippen LogP contribution is 2.25. The van der Waals surface area contributed by atoms with Gasteiger partial charge in [-0.1, -0.05) is 30.3 Å².